The highest BCUT2D eigenvalue weighted by Crippen LogP contribution is 2.28. The van der Waals surface area contributed by atoms with Crippen LogP contribution in [0, 0.1) is 0 Å². The molecule has 1 unspecified atom stereocenters. The Labute approximate surface area is 158 Å². The molecular weight excluding hydrogens is 381 g/mol. The van der Waals surface area contributed by atoms with E-state index in [0.29, 0.717) is 26.8 Å². The lowest BCUT2D eigenvalue weighted by molar-refractivity contribution is -0.115. The van der Waals surface area contributed by atoms with Crippen LogP contribution in [0.5, 0.6) is 0 Å². The molecule has 3 aromatic rings. The van der Waals surface area contributed by atoms with Crippen LogP contribution in [0.1, 0.15) is 6.92 Å². The zero-order chi connectivity index (χ0) is 17.8. The van der Waals surface area contributed by atoms with Gasteiger partial charge in [0.25, 0.3) is 5.22 Å². The minimum atomic E-state index is -0.441. The van der Waals surface area contributed by atoms with Crippen LogP contribution in [0.3, 0.4) is 0 Å². The van der Waals surface area contributed by atoms with Crippen molar-refractivity contribution in [2.24, 2.45) is 0 Å². The molecule has 1 aromatic heterocycles. The zero-order valence-corrected chi connectivity index (χ0v) is 15.4. The smallest absolute Gasteiger partial charge is 0.277 e. The van der Waals surface area contributed by atoms with Crippen LogP contribution < -0.4 is 5.32 Å². The molecular formula is C17H13Cl2N3O2S. The minimum Gasteiger partial charge on any atom is -0.411 e. The Morgan fingerprint density at radius 2 is 1.96 bits per heavy atom. The van der Waals surface area contributed by atoms with Crippen LogP contribution in [-0.2, 0) is 4.79 Å². The average Bonchev–Trinajstić information content (AvgIpc) is 3.05. The van der Waals surface area contributed by atoms with Gasteiger partial charge in [0.2, 0.25) is 11.8 Å². The second-order valence-corrected chi connectivity index (χ2v) is 7.25. The van der Waals surface area contributed by atoms with Crippen molar-refractivity contribution in [3.8, 4) is 11.5 Å². The average molecular weight is 394 g/mol. The summed E-state index contributed by atoms with van der Waals surface area (Å²) < 4.78 is 5.60. The molecule has 0 saturated heterocycles. The van der Waals surface area contributed by atoms with E-state index in [1.54, 1.807) is 49.4 Å². The van der Waals surface area contributed by atoms with E-state index < -0.39 is 5.25 Å². The van der Waals surface area contributed by atoms with Gasteiger partial charge in [-0.3, -0.25) is 4.79 Å². The number of anilines is 1. The Kier molecular flexibility index (Phi) is 5.63. The molecule has 0 bridgehead atoms. The molecule has 0 saturated carbocycles. The maximum Gasteiger partial charge on any atom is 0.277 e. The summed E-state index contributed by atoms with van der Waals surface area (Å²) in [5.74, 6) is 0.143. The second-order valence-electron chi connectivity index (χ2n) is 5.11. The summed E-state index contributed by atoms with van der Waals surface area (Å²) in [6.45, 7) is 1.75. The van der Waals surface area contributed by atoms with Crippen LogP contribution in [-0.4, -0.2) is 21.4 Å². The fraction of sp³-hybridized carbons (Fsp3) is 0.118. The predicted molar refractivity (Wildman–Crippen MR) is 100 cm³/mol. The fourth-order valence-electron chi connectivity index (χ4n) is 2.00. The lowest BCUT2D eigenvalue weighted by atomic mass is 10.2. The number of carbonyl (C=O) groups excluding carboxylic acids is 1. The Bertz CT molecular complexity index is 901. The van der Waals surface area contributed by atoms with Gasteiger partial charge >= 0.3 is 0 Å². The first-order valence-corrected chi connectivity index (χ1v) is 8.98. The first-order valence-electron chi connectivity index (χ1n) is 7.34. The number of benzene rings is 2. The summed E-state index contributed by atoms with van der Waals surface area (Å²) in [6, 6.07) is 14.2. The SMILES string of the molecule is CC(Sc1nnc(-c2cccc(Cl)c2)o1)C(=O)Nc1ccccc1Cl. The predicted octanol–water partition coefficient (Wildman–Crippen LogP) is 5.16. The van der Waals surface area contributed by atoms with Gasteiger partial charge < -0.3 is 9.73 Å². The van der Waals surface area contributed by atoms with Crippen molar-refractivity contribution in [3.63, 3.8) is 0 Å². The van der Waals surface area contributed by atoms with Gasteiger partial charge in [-0.15, -0.1) is 10.2 Å². The number of amides is 1. The molecule has 5 nitrogen and oxygen atoms in total. The van der Waals surface area contributed by atoms with Crippen LogP contribution in [0.25, 0.3) is 11.5 Å². The number of nitrogens with zero attached hydrogens (tertiary/aromatic N) is 2. The zero-order valence-electron chi connectivity index (χ0n) is 13.1. The van der Waals surface area contributed by atoms with E-state index in [2.05, 4.69) is 15.5 Å². The van der Waals surface area contributed by atoms with Gasteiger partial charge in [-0.05, 0) is 37.3 Å². The largest absolute Gasteiger partial charge is 0.411 e. The van der Waals surface area contributed by atoms with E-state index >= 15 is 0 Å². The van der Waals surface area contributed by atoms with Gasteiger partial charge in [0.1, 0.15) is 0 Å². The highest BCUT2D eigenvalue weighted by Gasteiger charge is 2.19. The standard InChI is InChI=1S/C17H13Cl2N3O2S/c1-10(15(23)20-14-8-3-2-7-13(14)19)25-17-22-21-16(24-17)11-5-4-6-12(18)9-11/h2-10H,1H3,(H,20,23). The van der Waals surface area contributed by atoms with E-state index in [1.165, 1.54) is 11.8 Å². The highest BCUT2D eigenvalue weighted by atomic mass is 35.5. The number of aromatic nitrogens is 2. The first-order chi connectivity index (χ1) is 12.0. The topological polar surface area (TPSA) is 68.0 Å². The van der Waals surface area contributed by atoms with E-state index in [0.717, 1.165) is 5.56 Å². The molecule has 25 heavy (non-hydrogen) atoms. The van der Waals surface area contributed by atoms with Crippen molar-refractivity contribution in [3.05, 3.63) is 58.6 Å². The van der Waals surface area contributed by atoms with Crippen molar-refractivity contribution in [2.75, 3.05) is 5.32 Å². The number of para-hydroxylation sites is 1. The van der Waals surface area contributed by atoms with Crippen LogP contribution in [0.4, 0.5) is 5.69 Å². The molecule has 0 fully saturated rings. The summed E-state index contributed by atoms with van der Waals surface area (Å²) in [4.78, 5) is 12.3. The Morgan fingerprint density at radius 1 is 1.16 bits per heavy atom. The van der Waals surface area contributed by atoms with Crippen LogP contribution in [0.2, 0.25) is 10.0 Å². The molecule has 0 aliphatic rings. The van der Waals surface area contributed by atoms with E-state index in [1.807, 2.05) is 6.07 Å². The van der Waals surface area contributed by atoms with Crippen LogP contribution >= 0.6 is 35.0 Å². The number of thioether (sulfide) groups is 1. The molecule has 0 aliphatic heterocycles. The number of nitrogens with one attached hydrogen (secondary N) is 1. The molecule has 3 rings (SSSR count). The molecule has 0 radical (unpaired) electrons. The number of hydrogen-bond donors (Lipinski definition) is 1. The van der Waals surface area contributed by atoms with Crippen molar-refractivity contribution in [1.82, 2.24) is 10.2 Å². The Hall–Kier alpha value is -2.02. The number of hydrogen-bond acceptors (Lipinski definition) is 5. The number of carbonyl (C=O) groups is 1. The summed E-state index contributed by atoms with van der Waals surface area (Å²) in [7, 11) is 0. The van der Waals surface area contributed by atoms with Gasteiger partial charge in [-0.1, -0.05) is 53.2 Å². The second kappa shape index (κ2) is 7.91. The molecule has 1 amide bonds. The molecule has 1 atom stereocenters. The molecule has 1 N–H and O–H groups in total. The van der Waals surface area contributed by atoms with Gasteiger partial charge in [-0.2, -0.15) is 0 Å². The first kappa shape index (κ1) is 17.8. The molecule has 0 spiro atoms. The lowest BCUT2D eigenvalue weighted by Gasteiger charge is -2.10. The third-order valence-corrected chi connectivity index (χ3v) is 4.76. The highest BCUT2D eigenvalue weighted by molar-refractivity contribution is 8.00. The maximum atomic E-state index is 12.3. The third kappa shape index (κ3) is 4.54. The van der Waals surface area contributed by atoms with Crippen molar-refractivity contribution in [1.29, 1.82) is 0 Å². The quantitative estimate of drug-likeness (QED) is 0.606. The van der Waals surface area contributed by atoms with Gasteiger partial charge in [0, 0.05) is 10.6 Å². The normalized spacial score (nSPS) is 12.0. The Balaban J connectivity index is 1.66. The fourth-order valence-corrected chi connectivity index (χ4v) is 3.05. The molecule has 2 aromatic carbocycles. The van der Waals surface area contributed by atoms with Crippen molar-refractivity contribution < 1.29 is 9.21 Å². The lowest BCUT2D eigenvalue weighted by Crippen LogP contribution is -2.22. The summed E-state index contributed by atoms with van der Waals surface area (Å²) in [5, 5.41) is 11.7. The van der Waals surface area contributed by atoms with Gasteiger partial charge in [0.15, 0.2) is 0 Å². The van der Waals surface area contributed by atoms with Gasteiger partial charge in [-0.25, -0.2) is 0 Å². The van der Waals surface area contributed by atoms with Crippen molar-refractivity contribution >= 4 is 46.6 Å². The number of halogens is 2. The maximum absolute atomic E-state index is 12.3. The summed E-state index contributed by atoms with van der Waals surface area (Å²) in [5.41, 5.74) is 1.28. The summed E-state index contributed by atoms with van der Waals surface area (Å²) in [6.07, 6.45) is 0. The Morgan fingerprint density at radius 3 is 2.72 bits per heavy atom. The van der Waals surface area contributed by atoms with Crippen molar-refractivity contribution in [2.45, 2.75) is 17.4 Å². The van der Waals surface area contributed by atoms with E-state index in [9.17, 15) is 4.79 Å². The van der Waals surface area contributed by atoms with Gasteiger partial charge in [0.05, 0.1) is 16.0 Å². The summed E-state index contributed by atoms with van der Waals surface area (Å²) >= 11 is 13.2. The number of rotatable bonds is 5. The molecule has 0 aliphatic carbocycles. The third-order valence-electron chi connectivity index (χ3n) is 3.26. The molecule has 8 heteroatoms. The van der Waals surface area contributed by atoms with E-state index in [4.69, 9.17) is 27.6 Å². The monoisotopic (exact) mass is 393 g/mol. The minimum absolute atomic E-state index is 0.208. The molecule has 1 heterocycles. The van der Waals surface area contributed by atoms with Crippen LogP contribution in [0.15, 0.2) is 58.2 Å². The van der Waals surface area contributed by atoms with E-state index in [-0.39, 0.29) is 5.91 Å². The molecule has 128 valence electrons.